The lowest BCUT2D eigenvalue weighted by molar-refractivity contribution is -0.121. The van der Waals surface area contributed by atoms with Crippen molar-refractivity contribution in [3.8, 4) is 0 Å². The van der Waals surface area contributed by atoms with Crippen LogP contribution in [-0.2, 0) is 4.79 Å². The van der Waals surface area contributed by atoms with Crippen LogP contribution in [-0.4, -0.2) is 23.7 Å². The van der Waals surface area contributed by atoms with Crippen molar-refractivity contribution in [3.63, 3.8) is 0 Å². The Morgan fingerprint density at radius 3 is 2.47 bits per heavy atom. The molecule has 4 heteroatoms. The number of nitrogens with two attached hydrogens (primary N) is 1. The second-order valence-corrected chi connectivity index (χ2v) is 4.42. The fourth-order valence-corrected chi connectivity index (χ4v) is 1.55. The van der Waals surface area contributed by atoms with Gasteiger partial charge in [0.25, 0.3) is 0 Å². The summed E-state index contributed by atoms with van der Waals surface area (Å²) in [5.74, 6) is 0.0971. The summed E-state index contributed by atoms with van der Waals surface area (Å²) >= 11 is 0. The molecule has 0 bridgehead atoms. The van der Waals surface area contributed by atoms with Crippen LogP contribution in [0.15, 0.2) is 24.3 Å². The summed E-state index contributed by atoms with van der Waals surface area (Å²) in [4.78, 5) is 11.6. The molecule has 0 aliphatic rings. The second-order valence-electron chi connectivity index (χ2n) is 4.42. The van der Waals surface area contributed by atoms with Gasteiger partial charge in [-0.2, -0.15) is 0 Å². The van der Waals surface area contributed by atoms with Gasteiger partial charge in [0.2, 0.25) is 5.91 Å². The predicted octanol–water partition coefficient (Wildman–Crippen LogP) is 1.26. The molecule has 17 heavy (non-hydrogen) atoms. The molecule has 2 atom stereocenters. The van der Waals surface area contributed by atoms with Crippen molar-refractivity contribution in [1.29, 1.82) is 0 Å². The fraction of sp³-hybridized carbons (Fsp3) is 0.462. The van der Waals surface area contributed by atoms with Gasteiger partial charge in [-0.1, -0.05) is 19.1 Å². The van der Waals surface area contributed by atoms with Crippen molar-refractivity contribution < 1.29 is 9.90 Å². The van der Waals surface area contributed by atoms with Gasteiger partial charge < -0.3 is 16.2 Å². The Morgan fingerprint density at radius 1 is 1.35 bits per heavy atom. The maximum atomic E-state index is 11.6. The van der Waals surface area contributed by atoms with Crippen LogP contribution < -0.4 is 11.1 Å². The Hall–Kier alpha value is -1.55. The number of carbonyl (C=O) groups is 1. The van der Waals surface area contributed by atoms with E-state index < -0.39 is 6.10 Å². The minimum atomic E-state index is -0.509. The molecule has 0 aliphatic carbocycles. The molecule has 1 unspecified atom stereocenters. The molecule has 1 aromatic carbocycles. The van der Waals surface area contributed by atoms with Crippen LogP contribution in [0.1, 0.15) is 31.7 Å². The van der Waals surface area contributed by atoms with Crippen LogP contribution >= 0.6 is 0 Å². The number of hydrogen-bond donors (Lipinski definition) is 3. The van der Waals surface area contributed by atoms with E-state index in [0.717, 1.165) is 11.3 Å². The topological polar surface area (TPSA) is 75.3 Å². The number of rotatable bonds is 5. The van der Waals surface area contributed by atoms with E-state index in [1.54, 1.807) is 6.92 Å². The molecule has 1 amide bonds. The molecule has 4 nitrogen and oxygen atoms in total. The Kier molecular flexibility index (Phi) is 4.97. The molecule has 0 radical (unpaired) electrons. The van der Waals surface area contributed by atoms with Crippen LogP contribution in [0.2, 0.25) is 0 Å². The van der Waals surface area contributed by atoms with Crippen LogP contribution in [0, 0.1) is 0 Å². The van der Waals surface area contributed by atoms with E-state index in [2.05, 4.69) is 5.32 Å². The predicted molar refractivity (Wildman–Crippen MR) is 68.6 cm³/mol. The summed E-state index contributed by atoms with van der Waals surface area (Å²) in [7, 11) is 0. The van der Waals surface area contributed by atoms with E-state index in [-0.39, 0.29) is 11.8 Å². The van der Waals surface area contributed by atoms with Gasteiger partial charge in [-0.25, -0.2) is 0 Å². The lowest BCUT2D eigenvalue weighted by Gasteiger charge is -2.13. The largest absolute Gasteiger partial charge is 0.399 e. The fourth-order valence-electron chi connectivity index (χ4n) is 1.55. The summed E-state index contributed by atoms with van der Waals surface area (Å²) in [5, 5.41) is 11.7. The van der Waals surface area contributed by atoms with Gasteiger partial charge in [-0.05, 0) is 30.5 Å². The number of hydrogen-bond acceptors (Lipinski definition) is 3. The van der Waals surface area contributed by atoms with Gasteiger partial charge in [0.15, 0.2) is 0 Å². The quantitative estimate of drug-likeness (QED) is 0.674. The third-order valence-electron chi connectivity index (χ3n) is 2.59. The third kappa shape index (κ3) is 4.87. The van der Waals surface area contributed by atoms with Gasteiger partial charge in [-0.3, -0.25) is 4.79 Å². The van der Waals surface area contributed by atoms with E-state index in [4.69, 9.17) is 10.8 Å². The Bertz CT molecular complexity index is 360. The van der Waals surface area contributed by atoms with E-state index in [1.807, 2.05) is 31.2 Å². The molecule has 94 valence electrons. The number of carbonyl (C=O) groups excluding carboxylic acids is 1. The minimum Gasteiger partial charge on any atom is -0.399 e. The first kappa shape index (κ1) is 13.5. The molecule has 0 aromatic heterocycles. The zero-order chi connectivity index (χ0) is 12.8. The minimum absolute atomic E-state index is 0.0461. The highest BCUT2D eigenvalue weighted by Crippen LogP contribution is 2.19. The highest BCUT2D eigenvalue weighted by Gasteiger charge is 2.11. The Labute approximate surface area is 102 Å². The first-order chi connectivity index (χ1) is 7.99. The number of nitrogens with one attached hydrogen (secondary N) is 1. The number of amides is 1. The highest BCUT2D eigenvalue weighted by atomic mass is 16.3. The molecule has 0 fully saturated rings. The van der Waals surface area contributed by atoms with Gasteiger partial charge in [0.05, 0.1) is 6.10 Å². The summed E-state index contributed by atoms with van der Waals surface area (Å²) in [6.07, 6.45) is -0.0952. The molecule has 1 rings (SSSR count). The molecule has 1 aromatic rings. The Morgan fingerprint density at radius 2 is 1.94 bits per heavy atom. The van der Waals surface area contributed by atoms with Crippen molar-refractivity contribution >= 4 is 11.6 Å². The van der Waals surface area contributed by atoms with Crippen molar-refractivity contribution in [2.75, 3.05) is 12.3 Å². The molecule has 0 aliphatic heterocycles. The summed E-state index contributed by atoms with van der Waals surface area (Å²) < 4.78 is 0. The zero-order valence-corrected chi connectivity index (χ0v) is 10.3. The van der Waals surface area contributed by atoms with E-state index in [9.17, 15) is 4.79 Å². The van der Waals surface area contributed by atoms with Gasteiger partial charge in [0, 0.05) is 18.7 Å². The van der Waals surface area contributed by atoms with Crippen molar-refractivity contribution in [1.82, 2.24) is 5.32 Å². The standard InChI is InChI=1S/C13H20N2O2/c1-9(7-13(17)15-8-10(2)16)11-3-5-12(14)6-4-11/h3-6,9-10,16H,7-8,14H2,1-2H3,(H,15,17)/t9?,10-/m0/s1. The van der Waals surface area contributed by atoms with Crippen LogP contribution in [0.25, 0.3) is 0 Å². The Balaban J connectivity index is 2.46. The third-order valence-corrected chi connectivity index (χ3v) is 2.59. The van der Waals surface area contributed by atoms with Gasteiger partial charge >= 0.3 is 0 Å². The summed E-state index contributed by atoms with van der Waals surface area (Å²) in [6.45, 7) is 3.93. The molecule has 4 N–H and O–H groups in total. The monoisotopic (exact) mass is 236 g/mol. The lowest BCUT2D eigenvalue weighted by atomic mass is 9.97. The van der Waals surface area contributed by atoms with Crippen LogP contribution in [0.3, 0.4) is 0 Å². The molecule has 0 saturated carbocycles. The average molecular weight is 236 g/mol. The van der Waals surface area contributed by atoms with Crippen molar-refractivity contribution in [3.05, 3.63) is 29.8 Å². The SMILES string of the molecule is CC(CC(=O)NC[C@H](C)O)c1ccc(N)cc1. The maximum Gasteiger partial charge on any atom is 0.220 e. The van der Waals surface area contributed by atoms with Gasteiger partial charge in [-0.15, -0.1) is 0 Å². The molecule has 0 spiro atoms. The normalized spacial score (nSPS) is 14.1. The van der Waals surface area contributed by atoms with E-state index >= 15 is 0 Å². The number of nitrogen functional groups attached to an aromatic ring is 1. The first-order valence-electron chi connectivity index (χ1n) is 5.79. The number of benzene rings is 1. The first-order valence-corrected chi connectivity index (χ1v) is 5.79. The van der Waals surface area contributed by atoms with Crippen molar-refractivity contribution in [2.24, 2.45) is 0 Å². The highest BCUT2D eigenvalue weighted by molar-refractivity contribution is 5.76. The summed E-state index contributed by atoms with van der Waals surface area (Å²) in [5.41, 5.74) is 7.41. The van der Waals surface area contributed by atoms with Crippen molar-refractivity contribution in [2.45, 2.75) is 32.3 Å². The molecule has 0 heterocycles. The number of anilines is 1. The molecular weight excluding hydrogens is 216 g/mol. The van der Waals surface area contributed by atoms with Crippen LogP contribution in [0.5, 0.6) is 0 Å². The molecular formula is C13H20N2O2. The lowest BCUT2D eigenvalue weighted by Crippen LogP contribution is -2.31. The van der Waals surface area contributed by atoms with E-state index in [1.165, 1.54) is 0 Å². The summed E-state index contributed by atoms with van der Waals surface area (Å²) in [6, 6.07) is 7.53. The smallest absolute Gasteiger partial charge is 0.220 e. The number of aliphatic hydroxyl groups is 1. The van der Waals surface area contributed by atoms with E-state index in [0.29, 0.717) is 13.0 Å². The maximum absolute atomic E-state index is 11.6. The average Bonchev–Trinajstić information content (AvgIpc) is 2.27. The number of aliphatic hydroxyl groups excluding tert-OH is 1. The molecule has 0 saturated heterocycles. The second kappa shape index (κ2) is 6.25. The zero-order valence-electron chi connectivity index (χ0n) is 10.3. The van der Waals surface area contributed by atoms with Gasteiger partial charge in [0.1, 0.15) is 0 Å². The van der Waals surface area contributed by atoms with Crippen LogP contribution in [0.4, 0.5) is 5.69 Å².